The highest BCUT2D eigenvalue weighted by atomic mass is 32.2. The molecule has 1 saturated carbocycles. The van der Waals surface area contributed by atoms with E-state index in [1.165, 1.54) is 21.6 Å². The van der Waals surface area contributed by atoms with Gasteiger partial charge in [-0.2, -0.15) is 0 Å². The molecule has 0 aromatic rings. The molecule has 8 heteroatoms. The van der Waals surface area contributed by atoms with Crippen LogP contribution in [0.15, 0.2) is 0 Å². The third-order valence-corrected chi connectivity index (χ3v) is 5.04. The van der Waals surface area contributed by atoms with Crippen LogP contribution in [0.2, 0.25) is 0 Å². The molecule has 20 heavy (non-hydrogen) atoms. The molecular formula is C12H20N2O5S. The van der Waals surface area contributed by atoms with E-state index in [1.807, 2.05) is 0 Å². The highest BCUT2D eigenvalue weighted by molar-refractivity contribution is 8.00. The third kappa shape index (κ3) is 3.18. The molecule has 0 spiro atoms. The minimum atomic E-state index is -0.998. The second kappa shape index (κ2) is 6.64. The van der Waals surface area contributed by atoms with Crippen LogP contribution in [0.4, 0.5) is 4.79 Å². The first kappa shape index (κ1) is 15.4. The van der Waals surface area contributed by atoms with Gasteiger partial charge in [0.25, 0.3) is 0 Å². The van der Waals surface area contributed by atoms with Crippen molar-refractivity contribution < 1.29 is 24.9 Å². The fourth-order valence-electron chi connectivity index (χ4n) is 2.41. The van der Waals surface area contributed by atoms with Gasteiger partial charge in [-0.15, -0.1) is 11.8 Å². The number of carboxylic acid groups (broad SMARTS) is 1. The fraction of sp³-hybridized carbons (Fsp3) is 0.833. The van der Waals surface area contributed by atoms with Gasteiger partial charge in [0.05, 0.1) is 18.6 Å². The van der Waals surface area contributed by atoms with Gasteiger partial charge in [0.15, 0.2) is 0 Å². The number of carbonyl (C=O) groups excluding carboxylic acids is 1. The van der Waals surface area contributed by atoms with E-state index in [-0.39, 0.29) is 31.7 Å². The monoisotopic (exact) mass is 304 g/mol. The molecule has 1 heterocycles. The number of aliphatic hydroxyl groups is 2. The standard InChI is InChI=1S/C12H20N2O5S/c15-5-3-13(4-6-16)12(19)14-9(11(17)18)7-20-10(14)8-1-2-8/h8-10,15-16H,1-7H2,(H,17,18). The molecule has 2 fully saturated rings. The van der Waals surface area contributed by atoms with Crippen LogP contribution in [-0.4, -0.2) is 80.6 Å². The Balaban J connectivity index is 2.14. The lowest BCUT2D eigenvalue weighted by atomic mass is 10.2. The summed E-state index contributed by atoms with van der Waals surface area (Å²) in [5, 5.41) is 27.2. The molecule has 3 N–H and O–H groups in total. The van der Waals surface area contributed by atoms with Crippen LogP contribution in [0.5, 0.6) is 0 Å². The van der Waals surface area contributed by atoms with E-state index in [9.17, 15) is 14.7 Å². The Kier molecular flexibility index (Phi) is 5.11. The molecule has 0 aromatic carbocycles. The average Bonchev–Trinajstić information content (AvgIpc) is 3.16. The van der Waals surface area contributed by atoms with Crippen LogP contribution >= 0.6 is 11.8 Å². The predicted octanol–water partition coefficient (Wildman–Crippen LogP) is -0.369. The maximum atomic E-state index is 12.5. The van der Waals surface area contributed by atoms with Crippen molar-refractivity contribution in [1.29, 1.82) is 0 Å². The van der Waals surface area contributed by atoms with E-state index in [0.29, 0.717) is 11.7 Å². The third-order valence-electron chi connectivity index (χ3n) is 3.58. The van der Waals surface area contributed by atoms with Crippen LogP contribution in [0.25, 0.3) is 0 Å². The van der Waals surface area contributed by atoms with Crippen molar-refractivity contribution in [3.05, 3.63) is 0 Å². The Hall–Kier alpha value is -0.990. The van der Waals surface area contributed by atoms with Crippen molar-refractivity contribution in [3.63, 3.8) is 0 Å². The number of aliphatic hydroxyl groups excluding tert-OH is 2. The first-order chi connectivity index (χ1) is 9.60. The van der Waals surface area contributed by atoms with Gasteiger partial charge < -0.3 is 20.2 Å². The molecule has 2 amide bonds. The highest BCUT2D eigenvalue weighted by Crippen LogP contribution is 2.45. The minimum Gasteiger partial charge on any atom is -0.480 e. The smallest absolute Gasteiger partial charge is 0.327 e. The lowest BCUT2D eigenvalue weighted by molar-refractivity contribution is -0.141. The van der Waals surface area contributed by atoms with Crippen LogP contribution in [-0.2, 0) is 4.79 Å². The van der Waals surface area contributed by atoms with Gasteiger partial charge in [-0.3, -0.25) is 4.90 Å². The van der Waals surface area contributed by atoms with Crippen LogP contribution < -0.4 is 0 Å². The van der Waals surface area contributed by atoms with E-state index >= 15 is 0 Å². The van der Waals surface area contributed by atoms with E-state index in [4.69, 9.17) is 10.2 Å². The summed E-state index contributed by atoms with van der Waals surface area (Å²) in [5.74, 6) is -0.228. The van der Waals surface area contributed by atoms with Crippen LogP contribution in [0.3, 0.4) is 0 Å². The number of rotatable bonds is 6. The number of thioether (sulfide) groups is 1. The van der Waals surface area contributed by atoms with Crippen molar-refractivity contribution in [2.45, 2.75) is 24.3 Å². The molecule has 7 nitrogen and oxygen atoms in total. The van der Waals surface area contributed by atoms with Gasteiger partial charge in [0.2, 0.25) is 0 Å². The van der Waals surface area contributed by atoms with Crippen molar-refractivity contribution in [2.75, 3.05) is 32.1 Å². The molecule has 0 bridgehead atoms. The van der Waals surface area contributed by atoms with Crippen molar-refractivity contribution in [3.8, 4) is 0 Å². The van der Waals surface area contributed by atoms with Crippen molar-refractivity contribution >= 4 is 23.8 Å². The number of carboxylic acids is 1. The number of amides is 2. The number of hydrogen-bond acceptors (Lipinski definition) is 5. The van der Waals surface area contributed by atoms with Crippen molar-refractivity contribution in [2.24, 2.45) is 5.92 Å². The molecular weight excluding hydrogens is 284 g/mol. The molecule has 2 rings (SSSR count). The number of urea groups is 1. The van der Waals surface area contributed by atoms with Gasteiger partial charge in [-0.1, -0.05) is 0 Å². The summed E-state index contributed by atoms with van der Waals surface area (Å²) in [5.41, 5.74) is 0. The van der Waals surface area contributed by atoms with E-state index < -0.39 is 18.0 Å². The molecule has 1 aliphatic carbocycles. The molecule has 2 aliphatic rings. The largest absolute Gasteiger partial charge is 0.480 e. The molecule has 2 atom stereocenters. The number of nitrogens with zero attached hydrogens (tertiary/aromatic N) is 2. The first-order valence-corrected chi connectivity index (χ1v) is 7.78. The van der Waals surface area contributed by atoms with Crippen LogP contribution in [0.1, 0.15) is 12.8 Å². The summed E-state index contributed by atoms with van der Waals surface area (Å²) < 4.78 is 0. The zero-order valence-corrected chi connectivity index (χ0v) is 12.0. The molecule has 0 aromatic heterocycles. The second-order valence-electron chi connectivity index (χ2n) is 5.04. The normalized spacial score (nSPS) is 25.8. The minimum absolute atomic E-state index is 0.0940. The predicted molar refractivity (Wildman–Crippen MR) is 73.4 cm³/mol. The van der Waals surface area contributed by atoms with E-state index in [1.54, 1.807) is 0 Å². The lowest BCUT2D eigenvalue weighted by Gasteiger charge is -2.33. The summed E-state index contributed by atoms with van der Waals surface area (Å²) in [6, 6.07) is -1.22. The molecule has 0 radical (unpaired) electrons. The first-order valence-electron chi connectivity index (χ1n) is 6.73. The Bertz CT molecular complexity index is 371. The lowest BCUT2D eigenvalue weighted by Crippen LogP contribution is -2.53. The molecule has 1 saturated heterocycles. The van der Waals surface area contributed by atoms with Gasteiger partial charge in [0.1, 0.15) is 6.04 Å². The van der Waals surface area contributed by atoms with Gasteiger partial charge in [-0.05, 0) is 18.8 Å². The van der Waals surface area contributed by atoms with E-state index in [2.05, 4.69) is 0 Å². The quantitative estimate of drug-likeness (QED) is 0.619. The number of carbonyl (C=O) groups is 2. The summed E-state index contributed by atoms with van der Waals surface area (Å²) in [6.07, 6.45) is 2.04. The SMILES string of the molecule is O=C(O)C1CSC(C2CC2)N1C(=O)N(CCO)CCO. The van der Waals surface area contributed by atoms with E-state index in [0.717, 1.165) is 12.8 Å². The molecule has 2 unspecified atom stereocenters. The highest BCUT2D eigenvalue weighted by Gasteiger charge is 2.49. The fourth-order valence-corrected chi connectivity index (χ4v) is 4.04. The van der Waals surface area contributed by atoms with Gasteiger partial charge in [0, 0.05) is 18.8 Å². The average molecular weight is 304 g/mol. The summed E-state index contributed by atoms with van der Waals surface area (Å²) in [4.78, 5) is 26.6. The maximum absolute atomic E-state index is 12.5. The zero-order chi connectivity index (χ0) is 14.7. The van der Waals surface area contributed by atoms with Gasteiger partial charge in [-0.25, -0.2) is 9.59 Å². The summed E-state index contributed by atoms with van der Waals surface area (Å²) in [6.45, 7) is -0.217. The van der Waals surface area contributed by atoms with Crippen LogP contribution in [0, 0.1) is 5.92 Å². The Morgan fingerprint density at radius 1 is 1.20 bits per heavy atom. The topological polar surface area (TPSA) is 101 Å². The molecule has 114 valence electrons. The Morgan fingerprint density at radius 2 is 1.80 bits per heavy atom. The maximum Gasteiger partial charge on any atom is 0.327 e. The Morgan fingerprint density at radius 3 is 2.25 bits per heavy atom. The Labute approximate surface area is 121 Å². The number of hydrogen-bond donors (Lipinski definition) is 3. The van der Waals surface area contributed by atoms with Gasteiger partial charge >= 0.3 is 12.0 Å². The summed E-state index contributed by atoms with van der Waals surface area (Å²) >= 11 is 1.51. The summed E-state index contributed by atoms with van der Waals surface area (Å²) in [7, 11) is 0. The number of aliphatic carboxylic acids is 1. The van der Waals surface area contributed by atoms with Crippen molar-refractivity contribution in [1.82, 2.24) is 9.80 Å². The molecule has 1 aliphatic heterocycles. The zero-order valence-electron chi connectivity index (χ0n) is 11.1. The second-order valence-corrected chi connectivity index (χ2v) is 6.19.